The van der Waals surface area contributed by atoms with Crippen LogP contribution < -0.4 is 0 Å². The van der Waals surface area contributed by atoms with E-state index in [-0.39, 0.29) is 0 Å². The summed E-state index contributed by atoms with van der Waals surface area (Å²) in [5.41, 5.74) is -1.55. The van der Waals surface area contributed by atoms with Gasteiger partial charge in [-0.1, -0.05) is 0 Å². The maximum atomic E-state index is 12.5. The van der Waals surface area contributed by atoms with E-state index in [2.05, 4.69) is 0 Å². The first-order chi connectivity index (χ1) is 6.00. The van der Waals surface area contributed by atoms with Gasteiger partial charge in [-0.2, -0.15) is 8.78 Å². The first-order valence-electron chi connectivity index (χ1n) is 2.91. The summed E-state index contributed by atoms with van der Waals surface area (Å²) >= 11 is 0. The molecule has 0 N–H and O–H groups in total. The van der Waals surface area contributed by atoms with Crippen molar-refractivity contribution in [3.05, 3.63) is 28.9 Å². The highest BCUT2D eigenvalue weighted by Gasteiger charge is 2.35. The molecule has 1 aliphatic carbocycles. The third kappa shape index (κ3) is 1.21. The minimum atomic E-state index is -2.13. The SMILES string of the molecule is O=C=C1C(F)=C(F)C(=O)C(F)=C1F. The average molecular weight is 192 g/mol. The zero-order chi connectivity index (χ0) is 10.2. The molecule has 0 unspecified atom stereocenters. The molecule has 0 saturated carbocycles. The fraction of sp³-hybridized carbons (Fsp3) is 0. The summed E-state index contributed by atoms with van der Waals surface area (Å²) in [6.45, 7) is 0. The first-order valence-corrected chi connectivity index (χ1v) is 2.91. The van der Waals surface area contributed by atoms with Gasteiger partial charge in [0.2, 0.25) is 11.7 Å². The molecule has 0 aromatic heterocycles. The summed E-state index contributed by atoms with van der Waals surface area (Å²) in [5.74, 6) is -9.71. The molecule has 0 aromatic rings. The predicted octanol–water partition coefficient (Wildman–Crippen LogP) is 1.63. The van der Waals surface area contributed by atoms with Crippen LogP contribution in [0.2, 0.25) is 0 Å². The van der Waals surface area contributed by atoms with Gasteiger partial charge in [-0.05, 0) is 0 Å². The van der Waals surface area contributed by atoms with E-state index in [1.807, 2.05) is 0 Å². The van der Waals surface area contributed by atoms with Gasteiger partial charge in [0, 0.05) is 0 Å². The number of Topliss-reactive ketones (excluding diaryl/α,β-unsaturated/α-hetero) is 1. The van der Waals surface area contributed by atoms with Gasteiger partial charge in [-0.15, -0.1) is 0 Å². The van der Waals surface area contributed by atoms with Crippen molar-refractivity contribution >= 4 is 11.7 Å². The largest absolute Gasteiger partial charge is 0.283 e. The highest BCUT2D eigenvalue weighted by atomic mass is 19.2. The van der Waals surface area contributed by atoms with Gasteiger partial charge >= 0.3 is 0 Å². The molecule has 2 nitrogen and oxygen atoms in total. The van der Waals surface area contributed by atoms with E-state index < -0.39 is 34.7 Å². The van der Waals surface area contributed by atoms with Crippen LogP contribution in [0.25, 0.3) is 0 Å². The van der Waals surface area contributed by atoms with Crippen LogP contribution in [0.4, 0.5) is 17.6 Å². The number of allylic oxidation sites excluding steroid dienone is 5. The Morgan fingerprint density at radius 3 is 1.54 bits per heavy atom. The zero-order valence-electron chi connectivity index (χ0n) is 5.83. The lowest BCUT2D eigenvalue weighted by Gasteiger charge is -2.06. The molecule has 68 valence electrons. The topological polar surface area (TPSA) is 34.1 Å². The van der Waals surface area contributed by atoms with Crippen molar-refractivity contribution in [2.75, 3.05) is 0 Å². The molecule has 1 rings (SSSR count). The fourth-order valence-corrected chi connectivity index (χ4v) is 0.701. The van der Waals surface area contributed by atoms with Crippen molar-refractivity contribution < 1.29 is 27.2 Å². The predicted molar refractivity (Wildman–Crippen MR) is 32.7 cm³/mol. The van der Waals surface area contributed by atoms with E-state index >= 15 is 0 Å². The third-order valence-corrected chi connectivity index (χ3v) is 1.33. The van der Waals surface area contributed by atoms with E-state index in [9.17, 15) is 27.2 Å². The summed E-state index contributed by atoms with van der Waals surface area (Å²) in [6, 6.07) is 0. The molecule has 0 heterocycles. The highest BCUT2D eigenvalue weighted by Crippen LogP contribution is 2.33. The van der Waals surface area contributed by atoms with E-state index in [1.54, 1.807) is 0 Å². The van der Waals surface area contributed by atoms with Crippen LogP contribution in [0.1, 0.15) is 0 Å². The van der Waals surface area contributed by atoms with Gasteiger partial charge in [-0.3, -0.25) is 4.79 Å². The second-order valence-electron chi connectivity index (χ2n) is 2.06. The van der Waals surface area contributed by atoms with Gasteiger partial charge in [0.25, 0.3) is 5.78 Å². The molecule has 1 aliphatic rings. The third-order valence-electron chi connectivity index (χ3n) is 1.33. The maximum Gasteiger partial charge on any atom is 0.255 e. The summed E-state index contributed by atoms with van der Waals surface area (Å²) in [5, 5.41) is 0. The van der Waals surface area contributed by atoms with Crippen molar-refractivity contribution in [2.45, 2.75) is 0 Å². The Morgan fingerprint density at radius 2 is 1.23 bits per heavy atom. The minimum absolute atomic E-state index is 0.654. The Hall–Kier alpha value is -1.68. The van der Waals surface area contributed by atoms with Crippen LogP contribution in [0.15, 0.2) is 28.9 Å². The maximum absolute atomic E-state index is 12.5. The van der Waals surface area contributed by atoms with Crippen molar-refractivity contribution in [2.24, 2.45) is 0 Å². The average Bonchev–Trinajstić information content (AvgIpc) is 2.13. The van der Waals surface area contributed by atoms with E-state index in [0.29, 0.717) is 5.94 Å². The lowest BCUT2D eigenvalue weighted by atomic mass is 10.1. The summed E-state index contributed by atoms with van der Waals surface area (Å²) < 4.78 is 49.6. The Kier molecular flexibility index (Phi) is 2.16. The Balaban J connectivity index is 3.47. The second-order valence-corrected chi connectivity index (χ2v) is 2.06. The van der Waals surface area contributed by atoms with Crippen molar-refractivity contribution in [1.29, 1.82) is 0 Å². The summed E-state index contributed by atoms with van der Waals surface area (Å²) in [7, 11) is 0. The van der Waals surface area contributed by atoms with Gasteiger partial charge in [0.05, 0.1) is 0 Å². The lowest BCUT2D eigenvalue weighted by Crippen LogP contribution is -2.11. The molecule has 6 heteroatoms. The highest BCUT2D eigenvalue weighted by molar-refractivity contribution is 6.09. The van der Waals surface area contributed by atoms with Crippen LogP contribution in [-0.4, -0.2) is 11.7 Å². The monoisotopic (exact) mass is 192 g/mol. The lowest BCUT2D eigenvalue weighted by molar-refractivity contribution is -0.115. The van der Waals surface area contributed by atoms with Crippen LogP contribution >= 0.6 is 0 Å². The molecule has 0 fully saturated rings. The number of halogens is 4. The first kappa shape index (κ1) is 9.41. The van der Waals surface area contributed by atoms with Crippen LogP contribution in [0, 0.1) is 0 Å². The molecule has 0 aliphatic heterocycles. The van der Waals surface area contributed by atoms with Gasteiger partial charge in [-0.25, -0.2) is 13.6 Å². The number of hydrogen-bond acceptors (Lipinski definition) is 2. The number of carbonyl (C=O) groups excluding carboxylic acids is 2. The van der Waals surface area contributed by atoms with Crippen LogP contribution in [0.3, 0.4) is 0 Å². The molecular formula is C7F4O2. The number of hydrogen-bond donors (Lipinski definition) is 0. The Morgan fingerprint density at radius 1 is 0.846 bits per heavy atom. The van der Waals surface area contributed by atoms with Crippen LogP contribution in [0.5, 0.6) is 0 Å². The molecule has 0 atom stereocenters. The number of carbonyl (C=O) groups is 1. The summed E-state index contributed by atoms with van der Waals surface area (Å²) in [4.78, 5) is 20.1. The standard InChI is InChI=1S/C7F4O2/c8-3-2(1-12)4(9)6(11)7(13)5(3)10. The Labute approximate surface area is 68.8 Å². The van der Waals surface area contributed by atoms with E-state index in [4.69, 9.17) is 0 Å². The van der Waals surface area contributed by atoms with Gasteiger partial charge in [0.15, 0.2) is 11.7 Å². The van der Waals surface area contributed by atoms with Crippen molar-refractivity contribution in [3.63, 3.8) is 0 Å². The normalized spacial score (nSPS) is 18.2. The van der Waals surface area contributed by atoms with Crippen molar-refractivity contribution in [1.82, 2.24) is 0 Å². The molecule has 0 amide bonds. The van der Waals surface area contributed by atoms with Gasteiger partial charge in [0.1, 0.15) is 11.5 Å². The van der Waals surface area contributed by atoms with Crippen LogP contribution in [-0.2, 0) is 9.59 Å². The van der Waals surface area contributed by atoms with Crippen molar-refractivity contribution in [3.8, 4) is 0 Å². The second kappa shape index (κ2) is 2.99. The number of ketones is 1. The molecular weight excluding hydrogens is 192 g/mol. The number of rotatable bonds is 0. The molecule has 13 heavy (non-hydrogen) atoms. The molecule has 0 radical (unpaired) electrons. The van der Waals surface area contributed by atoms with Gasteiger partial charge < -0.3 is 0 Å². The minimum Gasteiger partial charge on any atom is -0.283 e. The van der Waals surface area contributed by atoms with E-state index in [1.165, 1.54) is 0 Å². The van der Waals surface area contributed by atoms with E-state index in [0.717, 1.165) is 0 Å². The zero-order valence-corrected chi connectivity index (χ0v) is 5.83. The smallest absolute Gasteiger partial charge is 0.255 e. The molecule has 0 bridgehead atoms. The summed E-state index contributed by atoms with van der Waals surface area (Å²) in [6.07, 6.45) is 0. The quantitative estimate of drug-likeness (QED) is 0.431. The molecule has 0 saturated heterocycles. The molecule has 0 aromatic carbocycles. The molecule has 0 spiro atoms. The fourth-order valence-electron chi connectivity index (χ4n) is 0.701. The Bertz CT molecular complexity index is 369.